The Kier molecular flexibility index (Phi) is 4.13. The monoisotopic (exact) mass is 247 g/mol. The molecule has 0 aromatic heterocycles. The zero-order valence-corrected chi connectivity index (χ0v) is 9.94. The maximum absolute atomic E-state index is 11.0. The van der Waals surface area contributed by atoms with Gasteiger partial charge in [0.15, 0.2) is 0 Å². The highest BCUT2D eigenvalue weighted by Gasteiger charge is 2.08. The predicted molar refractivity (Wildman–Crippen MR) is 58.2 cm³/mol. The number of halogens is 1. The van der Waals surface area contributed by atoms with Crippen molar-refractivity contribution in [1.82, 2.24) is 0 Å². The first-order valence-electron chi connectivity index (χ1n) is 4.56. The molecule has 0 aliphatic carbocycles. The molecule has 84 valence electrons. The Morgan fingerprint density at radius 1 is 1.40 bits per heavy atom. The SMILES string of the molecule is Cc1ccc(CCCCl)c(S(=O)(=O)[O-])c1. The second-order valence-corrected chi connectivity index (χ2v) is 5.08. The van der Waals surface area contributed by atoms with Crippen LogP contribution in [0.2, 0.25) is 0 Å². The molecule has 0 amide bonds. The van der Waals surface area contributed by atoms with Crippen LogP contribution in [0.4, 0.5) is 0 Å². The van der Waals surface area contributed by atoms with Crippen LogP contribution in [0, 0.1) is 6.92 Å². The van der Waals surface area contributed by atoms with Gasteiger partial charge in [0.05, 0.1) is 4.90 Å². The molecule has 0 N–H and O–H groups in total. The van der Waals surface area contributed by atoms with Gasteiger partial charge < -0.3 is 4.55 Å². The van der Waals surface area contributed by atoms with Crippen LogP contribution in [-0.4, -0.2) is 18.9 Å². The van der Waals surface area contributed by atoms with Crippen molar-refractivity contribution < 1.29 is 13.0 Å². The number of rotatable bonds is 4. The lowest BCUT2D eigenvalue weighted by atomic mass is 10.1. The molecule has 0 radical (unpaired) electrons. The lowest BCUT2D eigenvalue weighted by molar-refractivity contribution is 0.462. The molecule has 3 nitrogen and oxygen atoms in total. The van der Waals surface area contributed by atoms with Crippen molar-refractivity contribution in [2.75, 3.05) is 5.88 Å². The Morgan fingerprint density at radius 3 is 2.60 bits per heavy atom. The molecule has 0 bridgehead atoms. The molecular formula is C10H12ClO3S-. The number of alkyl halides is 1. The van der Waals surface area contributed by atoms with Crippen molar-refractivity contribution >= 4 is 21.7 Å². The van der Waals surface area contributed by atoms with Crippen LogP contribution in [0.25, 0.3) is 0 Å². The van der Waals surface area contributed by atoms with Gasteiger partial charge in [0.1, 0.15) is 10.1 Å². The maximum atomic E-state index is 11.0. The van der Waals surface area contributed by atoms with E-state index < -0.39 is 10.1 Å². The Morgan fingerprint density at radius 2 is 2.07 bits per heavy atom. The second-order valence-electron chi connectivity index (χ2n) is 3.36. The van der Waals surface area contributed by atoms with Crippen LogP contribution in [0.15, 0.2) is 23.1 Å². The predicted octanol–water partition coefficient (Wildman–Crippen LogP) is 2.07. The van der Waals surface area contributed by atoms with Crippen LogP contribution in [0.3, 0.4) is 0 Å². The molecular weight excluding hydrogens is 236 g/mol. The molecule has 0 atom stereocenters. The largest absolute Gasteiger partial charge is 0.744 e. The van der Waals surface area contributed by atoms with Gasteiger partial charge in [0.2, 0.25) is 0 Å². The van der Waals surface area contributed by atoms with E-state index >= 15 is 0 Å². The fraction of sp³-hybridized carbons (Fsp3) is 0.400. The zero-order chi connectivity index (χ0) is 11.5. The third-order valence-electron chi connectivity index (χ3n) is 2.07. The van der Waals surface area contributed by atoms with Crippen molar-refractivity contribution in [2.24, 2.45) is 0 Å². The van der Waals surface area contributed by atoms with E-state index in [0.717, 1.165) is 5.56 Å². The van der Waals surface area contributed by atoms with Crippen LogP contribution >= 0.6 is 11.6 Å². The summed E-state index contributed by atoms with van der Waals surface area (Å²) in [5, 5.41) is 0. The Hall–Kier alpha value is -0.580. The van der Waals surface area contributed by atoms with E-state index in [1.54, 1.807) is 19.1 Å². The number of hydrogen-bond acceptors (Lipinski definition) is 3. The van der Waals surface area contributed by atoms with Crippen molar-refractivity contribution in [1.29, 1.82) is 0 Å². The summed E-state index contributed by atoms with van der Waals surface area (Å²) in [6.45, 7) is 1.75. The fourth-order valence-corrected chi connectivity index (χ4v) is 2.31. The third-order valence-corrected chi connectivity index (χ3v) is 3.26. The first-order chi connectivity index (χ1) is 6.95. The van der Waals surface area contributed by atoms with E-state index in [0.29, 0.717) is 24.3 Å². The minimum Gasteiger partial charge on any atom is -0.744 e. The molecule has 0 heterocycles. The van der Waals surface area contributed by atoms with Gasteiger partial charge in [-0.05, 0) is 37.0 Å². The van der Waals surface area contributed by atoms with Gasteiger partial charge in [-0.15, -0.1) is 11.6 Å². The quantitative estimate of drug-likeness (QED) is 0.605. The molecule has 1 aromatic rings. The Balaban J connectivity index is 3.15. The highest BCUT2D eigenvalue weighted by atomic mass is 35.5. The average molecular weight is 248 g/mol. The van der Waals surface area contributed by atoms with Gasteiger partial charge in [0.25, 0.3) is 0 Å². The Labute approximate surface area is 94.8 Å². The van der Waals surface area contributed by atoms with Crippen LogP contribution in [-0.2, 0) is 16.5 Å². The van der Waals surface area contributed by atoms with E-state index in [-0.39, 0.29) is 4.90 Å². The number of aryl methyl sites for hydroxylation is 2. The molecule has 0 spiro atoms. The molecule has 15 heavy (non-hydrogen) atoms. The van der Waals surface area contributed by atoms with Gasteiger partial charge in [-0.1, -0.05) is 12.1 Å². The van der Waals surface area contributed by atoms with Crippen molar-refractivity contribution in [3.05, 3.63) is 29.3 Å². The minimum atomic E-state index is -4.38. The van der Waals surface area contributed by atoms with Gasteiger partial charge in [0, 0.05) is 5.88 Å². The fourth-order valence-electron chi connectivity index (χ4n) is 1.36. The normalized spacial score (nSPS) is 11.7. The Bertz CT molecular complexity index is 440. The van der Waals surface area contributed by atoms with Crippen molar-refractivity contribution in [2.45, 2.75) is 24.7 Å². The van der Waals surface area contributed by atoms with E-state index in [9.17, 15) is 13.0 Å². The molecule has 5 heteroatoms. The van der Waals surface area contributed by atoms with E-state index in [1.165, 1.54) is 6.07 Å². The first kappa shape index (κ1) is 12.5. The topological polar surface area (TPSA) is 57.2 Å². The summed E-state index contributed by atoms with van der Waals surface area (Å²) in [5.41, 5.74) is 1.32. The summed E-state index contributed by atoms with van der Waals surface area (Å²) >= 11 is 5.52. The second kappa shape index (κ2) is 4.96. The lowest BCUT2D eigenvalue weighted by Crippen LogP contribution is -2.04. The lowest BCUT2D eigenvalue weighted by Gasteiger charge is -2.13. The van der Waals surface area contributed by atoms with Crippen molar-refractivity contribution in [3.8, 4) is 0 Å². The summed E-state index contributed by atoms with van der Waals surface area (Å²) in [6, 6.07) is 4.87. The van der Waals surface area contributed by atoms with Gasteiger partial charge in [-0.3, -0.25) is 0 Å². The van der Waals surface area contributed by atoms with E-state index in [4.69, 9.17) is 11.6 Å². The highest BCUT2D eigenvalue weighted by molar-refractivity contribution is 7.85. The zero-order valence-electron chi connectivity index (χ0n) is 8.36. The highest BCUT2D eigenvalue weighted by Crippen LogP contribution is 2.18. The van der Waals surface area contributed by atoms with Gasteiger partial charge >= 0.3 is 0 Å². The van der Waals surface area contributed by atoms with Crippen LogP contribution < -0.4 is 0 Å². The molecule has 0 aliphatic rings. The summed E-state index contributed by atoms with van der Waals surface area (Å²) < 4.78 is 32.9. The van der Waals surface area contributed by atoms with E-state index in [2.05, 4.69) is 0 Å². The molecule has 1 aromatic carbocycles. The molecule has 0 unspecified atom stereocenters. The van der Waals surface area contributed by atoms with E-state index in [1.807, 2.05) is 0 Å². The summed E-state index contributed by atoms with van der Waals surface area (Å²) in [4.78, 5) is -0.118. The maximum Gasteiger partial charge on any atom is 0.124 e. The average Bonchev–Trinajstić information content (AvgIpc) is 2.14. The molecule has 0 saturated heterocycles. The summed E-state index contributed by atoms with van der Waals surface area (Å²) in [6.07, 6.45) is 1.17. The standard InChI is InChI=1S/C10H13ClO3S/c1-8-4-5-9(3-2-6-11)10(7-8)15(12,13)14/h4-5,7H,2-3,6H2,1H3,(H,12,13,14)/p-1. The van der Waals surface area contributed by atoms with Gasteiger partial charge in [-0.25, -0.2) is 8.42 Å². The van der Waals surface area contributed by atoms with Crippen molar-refractivity contribution in [3.63, 3.8) is 0 Å². The summed E-state index contributed by atoms with van der Waals surface area (Å²) in [5.74, 6) is 0.451. The van der Waals surface area contributed by atoms with Crippen LogP contribution in [0.5, 0.6) is 0 Å². The van der Waals surface area contributed by atoms with Gasteiger partial charge in [-0.2, -0.15) is 0 Å². The molecule has 0 saturated carbocycles. The first-order valence-corrected chi connectivity index (χ1v) is 6.51. The summed E-state index contributed by atoms with van der Waals surface area (Å²) in [7, 11) is -4.38. The number of benzene rings is 1. The molecule has 1 rings (SSSR count). The smallest absolute Gasteiger partial charge is 0.124 e. The third kappa shape index (κ3) is 3.48. The molecule has 0 fully saturated rings. The van der Waals surface area contributed by atoms with Crippen LogP contribution in [0.1, 0.15) is 17.5 Å². The minimum absolute atomic E-state index is 0.118. The number of hydrogen-bond donors (Lipinski definition) is 0. The molecule has 0 aliphatic heterocycles.